The van der Waals surface area contributed by atoms with E-state index in [1.54, 1.807) is 6.20 Å². The molecule has 7 heteroatoms. The van der Waals surface area contributed by atoms with Crippen molar-refractivity contribution in [2.45, 2.75) is 25.3 Å². The highest BCUT2D eigenvalue weighted by atomic mass is 32.2. The minimum atomic E-state index is -3.25. The Hall–Kier alpha value is -1.47. The molecule has 0 saturated heterocycles. The van der Waals surface area contributed by atoms with Gasteiger partial charge in [-0.25, -0.2) is 13.5 Å². The third kappa shape index (κ3) is 6.30. The first kappa shape index (κ1) is 15.6. The van der Waals surface area contributed by atoms with Crippen molar-refractivity contribution in [2.24, 2.45) is 0 Å². The van der Waals surface area contributed by atoms with Gasteiger partial charge in [-0.3, -0.25) is 15.0 Å². The van der Waals surface area contributed by atoms with Crippen LogP contribution in [0.25, 0.3) is 0 Å². The third-order valence-corrected chi connectivity index (χ3v) is 3.66. The van der Waals surface area contributed by atoms with Gasteiger partial charge in [-0.1, -0.05) is 6.07 Å². The zero-order valence-corrected chi connectivity index (χ0v) is 11.6. The van der Waals surface area contributed by atoms with E-state index < -0.39 is 15.9 Å². The molecule has 19 heavy (non-hydrogen) atoms. The average Bonchev–Trinajstić information content (AvgIpc) is 2.36. The number of carbonyl (C=O) groups excluding carboxylic acids is 1. The largest absolute Gasteiger partial charge is 0.286 e. The van der Waals surface area contributed by atoms with Crippen LogP contribution in [0, 0.1) is 0 Å². The summed E-state index contributed by atoms with van der Waals surface area (Å²) in [7, 11) is -3.25. The molecule has 1 N–H and O–H groups in total. The van der Waals surface area contributed by atoms with E-state index in [2.05, 4.69) is 4.98 Å². The van der Waals surface area contributed by atoms with Crippen LogP contribution < -0.4 is 0 Å². The SMILES string of the molecule is CS(=O)(=O)CC(CCCc1ccccn1)N(O)C=O. The second-order valence-corrected chi connectivity index (χ2v) is 6.63. The minimum absolute atomic E-state index is 0.233. The van der Waals surface area contributed by atoms with Gasteiger partial charge >= 0.3 is 0 Å². The Bertz CT molecular complexity index is 490. The number of sulfone groups is 1. The van der Waals surface area contributed by atoms with Gasteiger partial charge in [0.2, 0.25) is 6.41 Å². The van der Waals surface area contributed by atoms with Crippen molar-refractivity contribution in [3.63, 3.8) is 0 Å². The molecule has 0 saturated carbocycles. The molecule has 0 radical (unpaired) electrons. The van der Waals surface area contributed by atoms with E-state index in [0.717, 1.165) is 11.9 Å². The fourth-order valence-electron chi connectivity index (χ4n) is 1.79. The van der Waals surface area contributed by atoms with Gasteiger partial charge in [0.05, 0.1) is 11.8 Å². The van der Waals surface area contributed by atoms with E-state index in [-0.39, 0.29) is 12.2 Å². The lowest BCUT2D eigenvalue weighted by Gasteiger charge is -2.21. The first-order chi connectivity index (χ1) is 8.92. The fraction of sp³-hybridized carbons (Fsp3) is 0.500. The van der Waals surface area contributed by atoms with Crippen LogP contribution in [0.2, 0.25) is 0 Å². The van der Waals surface area contributed by atoms with E-state index in [9.17, 15) is 18.4 Å². The zero-order chi connectivity index (χ0) is 14.3. The molecule has 1 heterocycles. The first-order valence-corrected chi connectivity index (χ1v) is 7.98. The topological polar surface area (TPSA) is 87.6 Å². The molecule has 1 aromatic rings. The normalized spacial score (nSPS) is 12.9. The predicted molar refractivity (Wildman–Crippen MR) is 70.4 cm³/mol. The van der Waals surface area contributed by atoms with E-state index in [1.807, 2.05) is 18.2 Å². The summed E-state index contributed by atoms with van der Waals surface area (Å²) in [5, 5.41) is 9.79. The number of aryl methyl sites for hydroxylation is 1. The number of hydrogen-bond acceptors (Lipinski definition) is 5. The van der Waals surface area contributed by atoms with Crippen LogP contribution in [0.3, 0.4) is 0 Å². The molecule has 0 aliphatic carbocycles. The smallest absolute Gasteiger partial charge is 0.233 e. The monoisotopic (exact) mass is 286 g/mol. The van der Waals surface area contributed by atoms with Crippen molar-refractivity contribution in [3.8, 4) is 0 Å². The Kier molecular flexibility index (Phi) is 5.91. The van der Waals surface area contributed by atoms with Gasteiger partial charge in [0, 0.05) is 18.1 Å². The summed E-state index contributed by atoms with van der Waals surface area (Å²) < 4.78 is 22.5. The Labute approximate surface area is 113 Å². The molecule has 0 fully saturated rings. The number of nitrogens with zero attached hydrogens (tertiary/aromatic N) is 2. The third-order valence-electron chi connectivity index (χ3n) is 2.67. The second kappa shape index (κ2) is 7.20. The zero-order valence-electron chi connectivity index (χ0n) is 10.8. The van der Waals surface area contributed by atoms with Crippen molar-refractivity contribution in [1.82, 2.24) is 10.0 Å². The first-order valence-electron chi connectivity index (χ1n) is 5.92. The van der Waals surface area contributed by atoms with Gasteiger partial charge in [-0.2, -0.15) is 0 Å². The highest BCUT2D eigenvalue weighted by Gasteiger charge is 2.20. The lowest BCUT2D eigenvalue weighted by molar-refractivity contribution is -0.158. The molecule has 0 bridgehead atoms. The summed E-state index contributed by atoms with van der Waals surface area (Å²) in [6, 6.07) is 4.86. The average molecular weight is 286 g/mol. The molecule has 1 unspecified atom stereocenters. The summed E-state index contributed by atoms with van der Waals surface area (Å²) in [4.78, 5) is 14.7. The summed E-state index contributed by atoms with van der Waals surface area (Å²) in [6.45, 7) is 0. The Balaban J connectivity index is 2.51. The van der Waals surface area contributed by atoms with Crippen molar-refractivity contribution in [3.05, 3.63) is 30.1 Å². The summed E-state index contributed by atoms with van der Waals surface area (Å²) in [5.74, 6) is -0.246. The van der Waals surface area contributed by atoms with Gasteiger partial charge in [-0.15, -0.1) is 0 Å². The summed E-state index contributed by atoms with van der Waals surface area (Å²) in [6.07, 6.45) is 4.72. The lowest BCUT2D eigenvalue weighted by Crippen LogP contribution is -2.36. The maximum atomic E-state index is 11.2. The molecular formula is C12H18N2O4S. The molecule has 1 amide bonds. The summed E-state index contributed by atoms with van der Waals surface area (Å²) >= 11 is 0. The molecule has 6 nitrogen and oxygen atoms in total. The second-order valence-electron chi connectivity index (χ2n) is 4.44. The van der Waals surface area contributed by atoms with Crippen molar-refractivity contribution < 1.29 is 18.4 Å². The quantitative estimate of drug-likeness (QED) is 0.431. The van der Waals surface area contributed by atoms with Gasteiger partial charge in [0.25, 0.3) is 0 Å². The highest BCUT2D eigenvalue weighted by molar-refractivity contribution is 7.90. The number of hydrogen-bond donors (Lipinski definition) is 1. The Morgan fingerprint density at radius 2 is 2.21 bits per heavy atom. The standard InChI is InChI=1S/C12H18N2O4S/c1-19(17,18)9-12(14(16)10-15)7-4-6-11-5-2-3-8-13-11/h2-3,5,8,10,12,16H,4,6-7,9H2,1H3. The maximum absolute atomic E-state index is 11.2. The number of hydroxylamine groups is 2. The molecule has 1 atom stereocenters. The van der Waals surface area contributed by atoms with E-state index in [1.165, 1.54) is 0 Å². The number of amides is 1. The van der Waals surface area contributed by atoms with Crippen LogP contribution in [-0.4, -0.2) is 48.1 Å². The van der Waals surface area contributed by atoms with Crippen molar-refractivity contribution in [1.29, 1.82) is 0 Å². The van der Waals surface area contributed by atoms with Crippen molar-refractivity contribution in [2.75, 3.05) is 12.0 Å². The van der Waals surface area contributed by atoms with Gasteiger partial charge < -0.3 is 0 Å². The van der Waals surface area contributed by atoms with Crippen LogP contribution in [0.1, 0.15) is 18.5 Å². The molecule has 1 aromatic heterocycles. The predicted octanol–water partition coefficient (Wildman–Crippen LogP) is 0.665. The van der Waals surface area contributed by atoms with Gasteiger partial charge in [0.15, 0.2) is 0 Å². The van der Waals surface area contributed by atoms with E-state index in [4.69, 9.17) is 0 Å². The van der Waals surface area contributed by atoms with Gasteiger partial charge in [-0.05, 0) is 31.4 Å². The van der Waals surface area contributed by atoms with E-state index in [0.29, 0.717) is 24.3 Å². The number of carbonyl (C=O) groups is 1. The Morgan fingerprint density at radius 1 is 1.47 bits per heavy atom. The fourth-order valence-corrected chi connectivity index (χ4v) is 2.81. The van der Waals surface area contributed by atoms with Crippen LogP contribution in [0.4, 0.5) is 0 Å². The number of pyridine rings is 1. The number of rotatable bonds is 8. The molecule has 1 rings (SSSR count). The van der Waals surface area contributed by atoms with Crippen LogP contribution in [0.15, 0.2) is 24.4 Å². The lowest BCUT2D eigenvalue weighted by atomic mass is 10.1. The molecule has 0 aliphatic rings. The summed E-state index contributed by atoms with van der Waals surface area (Å²) in [5.41, 5.74) is 0.899. The molecule has 0 aromatic carbocycles. The van der Waals surface area contributed by atoms with Crippen LogP contribution in [0.5, 0.6) is 0 Å². The van der Waals surface area contributed by atoms with E-state index >= 15 is 0 Å². The molecular weight excluding hydrogens is 268 g/mol. The minimum Gasteiger partial charge on any atom is -0.286 e. The van der Waals surface area contributed by atoms with Crippen LogP contribution >= 0.6 is 0 Å². The maximum Gasteiger partial charge on any atom is 0.233 e. The Morgan fingerprint density at radius 3 is 2.74 bits per heavy atom. The molecule has 106 valence electrons. The highest BCUT2D eigenvalue weighted by Crippen LogP contribution is 2.09. The molecule has 0 spiro atoms. The van der Waals surface area contributed by atoms with Crippen LogP contribution in [-0.2, 0) is 21.1 Å². The van der Waals surface area contributed by atoms with Crippen molar-refractivity contribution >= 4 is 16.2 Å². The molecule has 0 aliphatic heterocycles. The number of aromatic nitrogens is 1. The van der Waals surface area contributed by atoms with Gasteiger partial charge in [0.1, 0.15) is 9.84 Å².